The van der Waals surface area contributed by atoms with Crippen LogP contribution < -0.4 is 11.1 Å². The monoisotopic (exact) mass is 194 g/mol. The predicted octanol–water partition coefficient (Wildman–Crippen LogP) is 0.799. The summed E-state index contributed by atoms with van der Waals surface area (Å²) in [4.78, 5) is 11.3. The smallest absolute Gasteiger partial charge is 0.237 e. The van der Waals surface area contributed by atoms with Crippen LogP contribution in [0.5, 0.6) is 0 Å². The number of amides is 1. The molecular weight excluding hydrogens is 180 g/mol. The highest BCUT2D eigenvalue weighted by atomic mass is 16.3. The lowest BCUT2D eigenvalue weighted by molar-refractivity contribution is -0.122. The van der Waals surface area contributed by atoms with E-state index in [1.807, 2.05) is 0 Å². The second kappa shape index (κ2) is 5.24. The summed E-state index contributed by atoms with van der Waals surface area (Å²) in [6.45, 7) is 3.96. The maximum atomic E-state index is 11.3. The number of rotatable bonds is 5. The van der Waals surface area contributed by atoms with Gasteiger partial charge in [-0.1, -0.05) is 6.08 Å². The summed E-state index contributed by atoms with van der Waals surface area (Å²) in [5.41, 5.74) is 6.48. The molecule has 1 unspecified atom stereocenters. The van der Waals surface area contributed by atoms with Crippen molar-refractivity contribution in [3.05, 3.63) is 36.8 Å². The molecule has 0 fully saturated rings. The first kappa shape index (κ1) is 10.5. The van der Waals surface area contributed by atoms with Gasteiger partial charge >= 0.3 is 0 Å². The van der Waals surface area contributed by atoms with Crippen LogP contribution in [0.3, 0.4) is 0 Å². The summed E-state index contributed by atoms with van der Waals surface area (Å²) < 4.78 is 4.86. The molecule has 0 aliphatic rings. The lowest BCUT2D eigenvalue weighted by Crippen LogP contribution is -2.39. The molecule has 1 rings (SSSR count). The quantitative estimate of drug-likeness (QED) is 0.681. The van der Waals surface area contributed by atoms with E-state index in [9.17, 15) is 4.79 Å². The van der Waals surface area contributed by atoms with Crippen LogP contribution in [-0.2, 0) is 11.3 Å². The summed E-state index contributed by atoms with van der Waals surface area (Å²) in [7, 11) is 0. The number of furan rings is 1. The SMILES string of the molecule is C=CCC(N)C(=O)NCc1ccoc1. The Morgan fingerprint density at radius 3 is 3.14 bits per heavy atom. The molecule has 76 valence electrons. The van der Waals surface area contributed by atoms with Crippen molar-refractivity contribution in [1.29, 1.82) is 0 Å². The van der Waals surface area contributed by atoms with Gasteiger partial charge in [0.1, 0.15) is 0 Å². The Bertz CT molecular complexity index is 293. The van der Waals surface area contributed by atoms with Crippen molar-refractivity contribution < 1.29 is 9.21 Å². The minimum atomic E-state index is -0.514. The molecule has 1 heterocycles. The van der Waals surface area contributed by atoms with Crippen LogP contribution in [0.4, 0.5) is 0 Å². The van der Waals surface area contributed by atoms with Crippen LogP contribution in [0.25, 0.3) is 0 Å². The highest BCUT2D eigenvalue weighted by molar-refractivity contribution is 5.81. The first-order valence-corrected chi connectivity index (χ1v) is 4.39. The Kier molecular flexibility index (Phi) is 3.94. The summed E-state index contributed by atoms with van der Waals surface area (Å²) in [5, 5.41) is 2.70. The fraction of sp³-hybridized carbons (Fsp3) is 0.300. The van der Waals surface area contributed by atoms with Crippen LogP contribution >= 0.6 is 0 Å². The molecule has 1 amide bonds. The van der Waals surface area contributed by atoms with E-state index in [0.717, 1.165) is 5.56 Å². The molecular formula is C10H14N2O2. The van der Waals surface area contributed by atoms with Gasteiger partial charge in [-0.15, -0.1) is 6.58 Å². The van der Waals surface area contributed by atoms with Gasteiger partial charge in [-0.3, -0.25) is 4.79 Å². The average Bonchev–Trinajstić information content (AvgIpc) is 2.67. The van der Waals surface area contributed by atoms with Crippen molar-refractivity contribution >= 4 is 5.91 Å². The Labute approximate surface area is 82.8 Å². The van der Waals surface area contributed by atoms with E-state index in [4.69, 9.17) is 10.2 Å². The van der Waals surface area contributed by atoms with Gasteiger partial charge in [0.05, 0.1) is 18.6 Å². The minimum Gasteiger partial charge on any atom is -0.472 e. The Morgan fingerprint density at radius 2 is 2.57 bits per heavy atom. The van der Waals surface area contributed by atoms with E-state index in [1.54, 1.807) is 24.7 Å². The van der Waals surface area contributed by atoms with Crippen molar-refractivity contribution in [3.63, 3.8) is 0 Å². The molecule has 1 atom stereocenters. The number of nitrogens with two attached hydrogens (primary N) is 1. The Hall–Kier alpha value is -1.55. The summed E-state index contributed by atoms with van der Waals surface area (Å²) >= 11 is 0. The van der Waals surface area contributed by atoms with Crippen molar-refractivity contribution in [2.45, 2.75) is 19.0 Å². The van der Waals surface area contributed by atoms with Crippen LogP contribution in [0.15, 0.2) is 35.7 Å². The van der Waals surface area contributed by atoms with E-state index in [-0.39, 0.29) is 5.91 Å². The van der Waals surface area contributed by atoms with Gasteiger partial charge in [-0.25, -0.2) is 0 Å². The summed E-state index contributed by atoms with van der Waals surface area (Å²) in [5.74, 6) is -0.175. The fourth-order valence-corrected chi connectivity index (χ4v) is 1.00. The number of hydrogen-bond donors (Lipinski definition) is 2. The van der Waals surface area contributed by atoms with Gasteiger partial charge in [0.2, 0.25) is 5.91 Å². The lowest BCUT2D eigenvalue weighted by atomic mass is 10.2. The van der Waals surface area contributed by atoms with Crippen LogP contribution in [0, 0.1) is 0 Å². The maximum absolute atomic E-state index is 11.3. The van der Waals surface area contributed by atoms with E-state index in [0.29, 0.717) is 13.0 Å². The molecule has 0 aliphatic carbocycles. The maximum Gasteiger partial charge on any atom is 0.237 e. The third-order valence-electron chi connectivity index (χ3n) is 1.80. The molecule has 14 heavy (non-hydrogen) atoms. The van der Waals surface area contributed by atoms with E-state index < -0.39 is 6.04 Å². The predicted molar refractivity (Wildman–Crippen MR) is 53.3 cm³/mol. The average molecular weight is 194 g/mol. The molecule has 0 bridgehead atoms. The van der Waals surface area contributed by atoms with Crippen molar-refractivity contribution in [2.24, 2.45) is 5.73 Å². The van der Waals surface area contributed by atoms with E-state index in [2.05, 4.69) is 11.9 Å². The number of carbonyl (C=O) groups excluding carboxylic acids is 1. The molecule has 4 heteroatoms. The highest BCUT2D eigenvalue weighted by Crippen LogP contribution is 1.99. The second-order valence-corrected chi connectivity index (χ2v) is 2.98. The molecule has 1 aromatic rings. The largest absolute Gasteiger partial charge is 0.472 e. The Morgan fingerprint density at radius 1 is 1.79 bits per heavy atom. The van der Waals surface area contributed by atoms with Crippen molar-refractivity contribution in [1.82, 2.24) is 5.32 Å². The van der Waals surface area contributed by atoms with Gasteiger partial charge in [0.25, 0.3) is 0 Å². The van der Waals surface area contributed by atoms with Crippen LogP contribution in [0.2, 0.25) is 0 Å². The molecule has 0 aliphatic heterocycles. The first-order valence-electron chi connectivity index (χ1n) is 4.39. The van der Waals surface area contributed by atoms with Gasteiger partial charge in [-0.2, -0.15) is 0 Å². The zero-order valence-corrected chi connectivity index (χ0v) is 7.90. The summed E-state index contributed by atoms with van der Waals surface area (Å²) in [6.07, 6.45) is 5.25. The van der Waals surface area contributed by atoms with E-state index in [1.165, 1.54) is 0 Å². The first-order chi connectivity index (χ1) is 6.74. The van der Waals surface area contributed by atoms with Crippen molar-refractivity contribution in [2.75, 3.05) is 0 Å². The number of hydrogen-bond acceptors (Lipinski definition) is 3. The fourth-order valence-electron chi connectivity index (χ4n) is 1.00. The zero-order chi connectivity index (χ0) is 10.4. The Balaban J connectivity index is 2.31. The number of carbonyl (C=O) groups is 1. The molecule has 0 aromatic carbocycles. The molecule has 0 saturated heterocycles. The van der Waals surface area contributed by atoms with Crippen LogP contribution in [-0.4, -0.2) is 11.9 Å². The number of nitrogens with one attached hydrogen (secondary N) is 1. The third-order valence-corrected chi connectivity index (χ3v) is 1.80. The van der Waals surface area contributed by atoms with Gasteiger partial charge in [-0.05, 0) is 12.5 Å². The van der Waals surface area contributed by atoms with Crippen LogP contribution in [0.1, 0.15) is 12.0 Å². The minimum absolute atomic E-state index is 0.175. The summed E-state index contributed by atoms with van der Waals surface area (Å²) in [6, 6.07) is 1.28. The molecule has 0 saturated carbocycles. The second-order valence-electron chi connectivity index (χ2n) is 2.98. The highest BCUT2D eigenvalue weighted by Gasteiger charge is 2.10. The van der Waals surface area contributed by atoms with Gasteiger partial charge in [0.15, 0.2) is 0 Å². The molecule has 3 N–H and O–H groups in total. The normalized spacial score (nSPS) is 12.1. The standard InChI is InChI=1S/C10H14N2O2/c1-2-3-9(11)10(13)12-6-8-4-5-14-7-8/h2,4-5,7,9H,1,3,6,11H2,(H,12,13). The molecule has 4 nitrogen and oxygen atoms in total. The van der Waals surface area contributed by atoms with Crippen molar-refractivity contribution in [3.8, 4) is 0 Å². The van der Waals surface area contributed by atoms with Gasteiger partial charge < -0.3 is 15.5 Å². The topological polar surface area (TPSA) is 68.3 Å². The molecule has 0 radical (unpaired) electrons. The van der Waals surface area contributed by atoms with E-state index >= 15 is 0 Å². The molecule has 0 spiro atoms. The van der Waals surface area contributed by atoms with Gasteiger partial charge in [0, 0.05) is 12.1 Å². The lowest BCUT2D eigenvalue weighted by Gasteiger charge is -2.08. The zero-order valence-electron chi connectivity index (χ0n) is 7.90. The molecule has 1 aromatic heterocycles. The third kappa shape index (κ3) is 3.06.